The number of halogens is 2. The van der Waals surface area contributed by atoms with Crippen LogP contribution >= 0.6 is 23.2 Å². The first-order valence-corrected chi connectivity index (χ1v) is 8.77. The molecule has 2 aromatic carbocycles. The average molecular weight is 389 g/mol. The van der Waals surface area contributed by atoms with Gasteiger partial charge in [-0.25, -0.2) is 0 Å². The summed E-state index contributed by atoms with van der Waals surface area (Å²) < 4.78 is 5.08. The molecular weight excluding hydrogens is 371 g/mol. The Morgan fingerprint density at radius 1 is 1.23 bits per heavy atom. The molecule has 0 radical (unpaired) electrons. The SMILES string of the molecule is COc1c(Cl)cc(/C=C(/C#N)C(=O)NCCCc2ccccc2)cc1Cl. The predicted molar refractivity (Wildman–Crippen MR) is 104 cm³/mol. The van der Waals surface area contributed by atoms with Crippen LogP contribution in [-0.2, 0) is 11.2 Å². The molecule has 0 saturated heterocycles. The largest absolute Gasteiger partial charge is 0.494 e. The lowest BCUT2D eigenvalue weighted by Crippen LogP contribution is -2.25. The van der Waals surface area contributed by atoms with E-state index in [9.17, 15) is 10.1 Å². The number of nitrogens with zero attached hydrogens (tertiary/aromatic N) is 1. The molecule has 0 aromatic heterocycles. The highest BCUT2D eigenvalue weighted by atomic mass is 35.5. The minimum absolute atomic E-state index is 0.0120. The number of carbonyl (C=O) groups is 1. The molecule has 6 heteroatoms. The Morgan fingerprint density at radius 2 is 1.88 bits per heavy atom. The standard InChI is InChI=1S/C20H18Cl2N2O2/c1-26-19-17(21)11-15(12-18(19)22)10-16(13-23)20(25)24-9-5-8-14-6-3-2-4-7-14/h2-4,6-7,10-12H,5,8-9H2,1H3,(H,24,25)/b16-10-. The van der Waals surface area contributed by atoms with Crippen molar-refractivity contribution in [2.24, 2.45) is 0 Å². The number of hydrogen-bond donors (Lipinski definition) is 1. The van der Waals surface area contributed by atoms with Gasteiger partial charge in [0.25, 0.3) is 5.91 Å². The number of nitrogens with one attached hydrogen (secondary N) is 1. The number of aryl methyl sites for hydroxylation is 1. The molecule has 0 saturated carbocycles. The van der Waals surface area contributed by atoms with Gasteiger partial charge in [-0.05, 0) is 42.2 Å². The second kappa shape index (κ2) is 9.86. The summed E-state index contributed by atoms with van der Waals surface area (Å²) in [7, 11) is 1.46. The van der Waals surface area contributed by atoms with Crippen LogP contribution in [0.1, 0.15) is 17.5 Å². The highest BCUT2D eigenvalue weighted by molar-refractivity contribution is 6.37. The van der Waals surface area contributed by atoms with Crippen LogP contribution in [-0.4, -0.2) is 19.6 Å². The Labute approximate surface area is 163 Å². The fourth-order valence-electron chi connectivity index (χ4n) is 2.41. The monoisotopic (exact) mass is 388 g/mol. The second-order valence-electron chi connectivity index (χ2n) is 5.53. The van der Waals surface area contributed by atoms with Gasteiger partial charge in [-0.15, -0.1) is 0 Å². The third-order valence-corrected chi connectivity index (χ3v) is 4.23. The summed E-state index contributed by atoms with van der Waals surface area (Å²) in [5, 5.41) is 12.6. The minimum atomic E-state index is -0.427. The topological polar surface area (TPSA) is 62.1 Å². The van der Waals surface area contributed by atoms with E-state index in [-0.39, 0.29) is 5.57 Å². The van der Waals surface area contributed by atoms with Crippen LogP contribution in [0.15, 0.2) is 48.0 Å². The molecule has 134 valence electrons. The summed E-state index contributed by atoms with van der Waals surface area (Å²) in [6.45, 7) is 0.483. The number of benzene rings is 2. The van der Waals surface area contributed by atoms with Crippen molar-refractivity contribution in [3.05, 3.63) is 69.2 Å². The molecule has 0 fully saturated rings. The van der Waals surface area contributed by atoms with Gasteiger partial charge in [-0.1, -0.05) is 53.5 Å². The summed E-state index contributed by atoms with van der Waals surface area (Å²) in [6, 6.07) is 15.1. The molecular formula is C20H18Cl2N2O2. The smallest absolute Gasteiger partial charge is 0.261 e. The fourth-order valence-corrected chi connectivity index (χ4v) is 3.07. The molecule has 0 bridgehead atoms. The van der Waals surface area contributed by atoms with Crippen LogP contribution in [0.25, 0.3) is 6.08 Å². The maximum absolute atomic E-state index is 12.2. The molecule has 0 unspecified atom stereocenters. The lowest BCUT2D eigenvalue weighted by molar-refractivity contribution is -0.117. The van der Waals surface area contributed by atoms with Gasteiger partial charge in [0.15, 0.2) is 5.75 Å². The van der Waals surface area contributed by atoms with Crippen molar-refractivity contribution in [1.82, 2.24) is 5.32 Å². The summed E-state index contributed by atoms with van der Waals surface area (Å²) in [6.07, 6.45) is 3.09. The van der Waals surface area contributed by atoms with Gasteiger partial charge in [0.05, 0.1) is 17.2 Å². The van der Waals surface area contributed by atoms with E-state index in [0.29, 0.717) is 27.9 Å². The van der Waals surface area contributed by atoms with E-state index in [1.165, 1.54) is 18.7 Å². The van der Waals surface area contributed by atoms with Crippen molar-refractivity contribution in [2.45, 2.75) is 12.8 Å². The molecule has 4 nitrogen and oxygen atoms in total. The molecule has 0 spiro atoms. The number of rotatable bonds is 7. The highest BCUT2D eigenvalue weighted by Gasteiger charge is 2.11. The van der Waals surface area contributed by atoms with E-state index < -0.39 is 5.91 Å². The van der Waals surface area contributed by atoms with Crippen LogP contribution < -0.4 is 10.1 Å². The number of carbonyl (C=O) groups excluding carboxylic acids is 1. The van der Waals surface area contributed by atoms with E-state index in [1.807, 2.05) is 36.4 Å². The quantitative estimate of drug-likeness (QED) is 0.426. The van der Waals surface area contributed by atoms with Gasteiger partial charge in [-0.2, -0.15) is 5.26 Å². The molecule has 0 heterocycles. The van der Waals surface area contributed by atoms with Gasteiger partial charge < -0.3 is 10.1 Å². The lowest BCUT2D eigenvalue weighted by Gasteiger charge is -2.07. The van der Waals surface area contributed by atoms with E-state index in [1.54, 1.807) is 12.1 Å². The van der Waals surface area contributed by atoms with Crippen LogP contribution in [0, 0.1) is 11.3 Å². The van der Waals surface area contributed by atoms with Crippen molar-refractivity contribution >= 4 is 35.2 Å². The van der Waals surface area contributed by atoms with Gasteiger partial charge in [0, 0.05) is 6.54 Å². The zero-order valence-electron chi connectivity index (χ0n) is 14.3. The minimum Gasteiger partial charge on any atom is -0.494 e. The van der Waals surface area contributed by atoms with E-state index in [0.717, 1.165) is 12.8 Å². The van der Waals surface area contributed by atoms with Crippen molar-refractivity contribution in [3.63, 3.8) is 0 Å². The molecule has 2 aromatic rings. The fraction of sp³-hybridized carbons (Fsp3) is 0.200. The Balaban J connectivity index is 1.98. The maximum atomic E-state index is 12.2. The summed E-state index contributed by atoms with van der Waals surface area (Å²) >= 11 is 12.2. The van der Waals surface area contributed by atoms with Gasteiger partial charge >= 0.3 is 0 Å². The Morgan fingerprint density at radius 3 is 2.46 bits per heavy atom. The van der Waals surface area contributed by atoms with Crippen molar-refractivity contribution in [3.8, 4) is 11.8 Å². The summed E-state index contributed by atoms with van der Waals surface area (Å²) in [5.74, 6) is -0.0713. The van der Waals surface area contributed by atoms with Gasteiger partial charge in [0.1, 0.15) is 11.6 Å². The van der Waals surface area contributed by atoms with Crippen LogP contribution in [0.5, 0.6) is 5.75 Å². The maximum Gasteiger partial charge on any atom is 0.261 e. The Bertz CT molecular complexity index is 820. The van der Waals surface area contributed by atoms with Crippen LogP contribution in [0.2, 0.25) is 10.0 Å². The van der Waals surface area contributed by atoms with Crippen LogP contribution in [0.3, 0.4) is 0 Å². The Hall–Kier alpha value is -2.48. The Kier molecular flexibility index (Phi) is 7.53. The third-order valence-electron chi connectivity index (χ3n) is 3.67. The normalized spacial score (nSPS) is 10.9. The van der Waals surface area contributed by atoms with Crippen LogP contribution in [0.4, 0.5) is 0 Å². The number of ether oxygens (including phenoxy) is 1. The lowest BCUT2D eigenvalue weighted by atomic mass is 10.1. The first kappa shape index (κ1) is 19.8. The van der Waals surface area contributed by atoms with Gasteiger partial charge in [0.2, 0.25) is 0 Å². The van der Waals surface area contributed by atoms with Crippen molar-refractivity contribution in [1.29, 1.82) is 5.26 Å². The summed E-state index contributed by atoms with van der Waals surface area (Å²) in [4.78, 5) is 12.2. The highest BCUT2D eigenvalue weighted by Crippen LogP contribution is 2.34. The number of hydrogen-bond acceptors (Lipinski definition) is 3. The van der Waals surface area contributed by atoms with E-state index in [2.05, 4.69) is 5.32 Å². The molecule has 0 aliphatic heterocycles. The zero-order chi connectivity index (χ0) is 18.9. The average Bonchev–Trinajstić information content (AvgIpc) is 2.63. The molecule has 0 atom stereocenters. The van der Waals surface area contributed by atoms with E-state index >= 15 is 0 Å². The number of amides is 1. The van der Waals surface area contributed by atoms with Gasteiger partial charge in [-0.3, -0.25) is 4.79 Å². The molecule has 2 rings (SSSR count). The molecule has 26 heavy (non-hydrogen) atoms. The van der Waals surface area contributed by atoms with Crippen molar-refractivity contribution < 1.29 is 9.53 Å². The predicted octanol–water partition coefficient (Wildman–Crippen LogP) is 4.66. The van der Waals surface area contributed by atoms with Crippen molar-refractivity contribution in [2.75, 3.05) is 13.7 Å². The second-order valence-corrected chi connectivity index (χ2v) is 6.35. The van der Waals surface area contributed by atoms with E-state index in [4.69, 9.17) is 27.9 Å². The third kappa shape index (κ3) is 5.52. The molecule has 1 amide bonds. The first-order valence-electron chi connectivity index (χ1n) is 8.02. The molecule has 1 N–H and O–H groups in total. The number of methoxy groups -OCH3 is 1. The number of nitriles is 1. The molecule has 0 aliphatic carbocycles. The zero-order valence-corrected chi connectivity index (χ0v) is 15.8. The molecule has 0 aliphatic rings. The first-order chi connectivity index (χ1) is 12.5. The summed E-state index contributed by atoms with van der Waals surface area (Å²) in [5.41, 5.74) is 1.75.